The van der Waals surface area contributed by atoms with Crippen molar-refractivity contribution < 1.29 is 22.8 Å². The van der Waals surface area contributed by atoms with E-state index in [1.165, 1.54) is 6.07 Å². The van der Waals surface area contributed by atoms with Crippen LogP contribution in [0.1, 0.15) is 22.3 Å². The van der Waals surface area contributed by atoms with Gasteiger partial charge in [0, 0.05) is 12.3 Å². The van der Waals surface area contributed by atoms with Gasteiger partial charge in [0.15, 0.2) is 0 Å². The number of nitro groups is 1. The number of rotatable bonds is 5. The van der Waals surface area contributed by atoms with Gasteiger partial charge in [0.2, 0.25) is 5.75 Å². The van der Waals surface area contributed by atoms with Gasteiger partial charge in [-0.2, -0.15) is 13.2 Å². The minimum atomic E-state index is -4.71. The van der Waals surface area contributed by atoms with E-state index in [1.54, 1.807) is 18.3 Å². The maximum Gasteiger partial charge on any atom is 0.416 e. The number of hydrogen-bond acceptors (Lipinski definition) is 4. The molecule has 0 heterocycles. The van der Waals surface area contributed by atoms with Crippen molar-refractivity contribution in [3.8, 4) is 11.5 Å². The number of nitro benzene ring substituents is 1. The molecule has 0 aliphatic carbocycles. The Bertz CT molecular complexity index is 1180. The molecule has 0 aliphatic heterocycles. The molecule has 0 saturated carbocycles. The second-order valence-corrected chi connectivity index (χ2v) is 7.11. The van der Waals surface area contributed by atoms with Crippen molar-refractivity contribution in [2.24, 2.45) is 4.99 Å². The van der Waals surface area contributed by atoms with Crippen LogP contribution in [0, 0.1) is 24.0 Å². The summed E-state index contributed by atoms with van der Waals surface area (Å²) in [4.78, 5) is 14.7. The number of hydrogen-bond donors (Lipinski definition) is 0. The number of aliphatic imine (C=N–C) groups is 1. The van der Waals surface area contributed by atoms with Crippen molar-refractivity contribution >= 4 is 29.2 Å². The molecule has 160 valence electrons. The second-order valence-electron chi connectivity index (χ2n) is 6.71. The summed E-state index contributed by atoms with van der Waals surface area (Å²) >= 11 is 6.22. The largest absolute Gasteiger partial charge is 0.449 e. The van der Waals surface area contributed by atoms with Crippen LogP contribution >= 0.6 is 11.6 Å². The molecule has 9 heteroatoms. The molecule has 0 spiro atoms. The minimum absolute atomic E-state index is 0.0633. The summed E-state index contributed by atoms with van der Waals surface area (Å²) in [5.41, 5.74) is 1.65. The molecule has 3 rings (SSSR count). The summed E-state index contributed by atoms with van der Waals surface area (Å²) in [6.07, 6.45) is -3.10. The fraction of sp³-hybridized carbons (Fsp3) is 0.136. The van der Waals surface area contributed by atoms with Crippen LogP contribution in [0.2, 0.25) is 5.02 Å². The number of benzene rings is 3. The molecule has 0 atom stereocenters. The molecule has 31 heavy (non-hydrogen) atoms. The molecule has 0 fully saturated rings. The normalized spacial score (nSPS) is 11.7. The Labute approximate surface area is 180 Å². The molecular formula is C22H16ClF3N2O3. The lowest BCUT2D eigenvalue weighted by Gasteiger charge is -2.11. The van der Waals surface area contributed by atoms with Crippen molar-refractivity contribution in [1.82, 2.24) is 0 Å². The smallest absolute Gasteiger partial charge is 0.416 e. The van der Waals surface area contributed by atoms with Crippen molar-refractivity contribution in [3.05, 3.63) is 92.0 Å². The molecule has 0 aliphatic rings. The third-order valence-electron chi connectivity index (χ3n) is 4.59. The highest BCUT2D eigenvalue weighted by Crippen LogP contribution is 2.39. The Morgan fingerprint density at radius 3 is 2.42 bits per heavy atom. The molecule has 0 aromatic heterocycles. The van der Waals surface area contributed by atoms with Gasteiger partial charge < -0.3 is 4.74 Å². The molecule has 0 amide bonds. The summed E-state index contributed by atoms with van der Waals surface area (Å²) in [7, 11) is 0. The summed E-state index contributed by atoms with van der Waals surface area (Å²) in [5, 5.41) is 11.3. The first-order valence-corrected chi connectivity index (χ1v) is 9.37. The lowest BCUT2D eigenvalue weighted by molar-refractivity contribution is -0.385. The van der Waals surface area contributed by atoms with Crippen molar-refractivity contribution in [3.63, 3.8) is 0 Å². The Kier molecular flexibility index (Phi) is 6.31. The fourth-order valence-electron chi connectivity index (χ4n) is 2.74. The maximum atomic E-state index is 12.8. The van der Waals surface area contributed by atoms with Gasteiger partial charge in [-0.15, -0.1) is 0 Å². The Balaban J connectivity index is 1.86. The monoisotopic (exact) mass is 448 g/mol. The van der Waals surface area contributed by atoms with Crippen LogP contribution in [0.25, 0.3) is 0 Å². The van der Waals surface area contributed by atoms with Crippen molar-refractivity contribution in [2.45, 2.75) is 20.0 Å². The van der Waals surface area contributed by atoms with Crippen LogP contribution in [-0.4, -0.2) is 11.1 Å². The number of ether oxygens (including phenoxy) is 1. The van der Waals surface area contributed by atoms with Gasteiger partial charge in [0.1, 0.15) is 5.75 Å². The molecule has 0 N–H and O–H groups in total. The van der Waals surface area contributed by atoms with Gasteiger partial charge in [0.05, 0.1) is 21.2 Å². The van der Waals surface area contributed by atoms with Crippen LogP contribution in [0.5, 0.6) is 11.5 Å². The average Bonchev–Trinajstić information content (AvgIpc) is 2.70. The Morgan fingerprint density at radius 2 is 1.77 bits per heavy atom. The predicted molar refractivity (Wildman–Crippen MR) is 113 cm³/mol. The SMILES string of the molecule is Cc1cccc(N=Cc2ccc(Oc3ccc(C(F)(F)F)cc3[N+](=O)[O-])c(Cl)c2)c1C. The van der Waals surface area contributed by atoms with E-state index in [0.29, 0.717) is 17.7 Å². The summed E-state index contributed by atoms with van der Waals surface area (Å²) < 4.78 is 44.0. The van der Waals surface area contributed by atoms with Gasteiger partial charge in [-0.05, 0) is 66.9 Å². The highest BCUT2D eigenvalue weighted by atomic mass is 35.5. The maximum absolute atomic E-state index is 12.8. The van der Waals surface area contributed by atoms with E-state index in [2.05, 4.69) is 4.99 Å². The van der Waals surface area contributed by atoms with Crippen LogP contribution in [0.15, 0.2) is 59.6 Å². The number of halogens is 4. The van der Waals surface area contributed by atoms with Gasteiger partial charge >= 0.3 is 11.9 Å². The van der Waals surface area contributed by atoms with E-state index in [9.17, 15) is 23.3 Å². The molecule has 3 aromatic rings. The van der Waals surface area contributed by atoms with Crippen LogP contribution in [-0.2, 0) is 6.18 Å². The van der Waals surface area contributed by atoms with E-state index >= 15 is 0 Å². The number of alkyl halides is 3. The fourth-order valence-corrected chi connectivity index (χ4v) is 2.97. The summed E-state index contributed by atoms with van der Waals surface area (Å²) in [6.45, 7) is 3.95. The van der Waals surface area contributed by atoms with Crippen LogP contribution < -0.4 is 4.74 Å². The van der Waals surface area contributed by atoms with E-state index in [4.69, 9.17) is 16.3 Å². The average molecular weight is 449 g/mol. The number of aryl methyl sites for hydroxylation is 1. The summed E-state index contributed by atoms with van der Waals surface area (Å²) in [5.74, 6) is -0.287. The van der Waals surface area contributed by atoms with E-state index in [-0.39, 0.29) is 16.5 Å². The molecule has 0 bridgehead atoms. The van der Waals surface area contributed by atoms with Crippen molar-refractivity contribution in [2.75, 3.05) is 0 Å². The zero-order chi connectivity index (χ0) is 22.8. The van der Waals surface area contributed by atoms with Gasteiger partial charge in [-0.25, -0.2) is 0 Å². The molecule has 5 nitrogen and oxygen atoms in total. The molecule has 0 unspecified atom stereocenters. The summed E-state index contributed by atoms with van der Waals surface area (Å²) in [6, 6.07) is 12.4. The third kappa shape index (κ3) is 5.21. The first kappa shape index (κ1) is 22.3. The number of nitrogens with zero attached hydrogens (tertiary/aromatic N) is 2. The molecule has 3 aromatic carbocycles. The quantitative estimate of drug-likeness (QED) is 0.231. The molecule has 0 radical (unpaired) electrons. The van der Waals surface area contributed by atoms with Crippen molar-refractivity contribution in [1.29, 1.82) is 0 Å². The van der Waals surface area contributed by atoms with Crippen LogP contribution in [0.4, 0.5) is 24.5 Å². The zero-order valence-electron chi connectivity index (χ0n) is 16.4. The second kappa shape index (κ2) is 8.77. The topological polar surface area (TPSA) is 64.7 Å². The Morgan fingerprint density at radius 1 is 1.06 bits per heavy atom. The first-order valence-electron chi connectivity index (χ1n) is 8.99. The zero-order valence-corrected chi connectivity index (χ0v) is 17.2. The highest BCUT2D eigenvalue weighted by molar-refractivity contribution is 6.32. The molecule has 0 saturated heterocycles. The highest BCUT2D eigenvalue weighted by Gasteiger charge is 2.33. The predicted octanol–water partition coefficient (Wildman–Crippen LogP) is 7.43. The standard InChI is InChI=1S/C22H16ClF3N2O3/c1-13-4-3-5-18(14(13)2)27-12-15-6-8-20(17(23)10-15)31-21-9-7-16(22(24,25)26)11-19(21)28(29)30/h3-12H,1-2H3. The van der Waals surface area contributed by atoms with E-state index in [1.807, 2.05) is 32.0 Å². The van der Waals surface area contributed by atoms with Gasteiger partial charge in [-0.1, -0.05) is 23.7 Å². The van der Waals surface area contributed by atoms with Gasteiger partial charge in [-0.3, -0.25) is 15.1 Å². The lowest BCUT2D eigenvalue weighted by atomic mass is 10.1. The minimum Gasteiger partial charge on any atom is -0.449 e. The van der Waals surface area contributed by atoms with Gasteiger partial charge in [0.25, 0.3) is 0 Å². The molecular weight excluding hydrogens is 433 g/mol. The Hall–Kier alpha value is -3.39. The third-order valence-corrected chi connectivity index (χ3v) is 4.88. The van der Waals surface area contributed by atoms with E-state index < -0.39 is 22.4 Å². The van der Waals surface area contributed by atoms with Crippen LogP contribution in [0.3, 0.4) is 0 Å². The first-order chi connectivity index (χ1) is 14.6. The lowest BCUT2D eigenvalue weighted by Crippen LogP contribution is -2.06. The van der Waals surface area contributed by atoms with E-state index in [0.717, 1.165) is 22.9 Å².